The maximum atomic E-state index is 12.7. The van der Waals surface area contributed by atoms with Gasteiger partial charge >= 0.3 is 5.97 Å². The van der Waals surface area contributed by atoms with E-state index in [2.05, 4.69) is 10.6 Å². The van der Waals surface area contributed by atoms with Gasteiger partial charge in [-0.05, 0) is 0 Å². The van der Waals surface area contributed by atoms with Crippen LogP contribution in [-0.2, 0) is 42.8 Å². The van der Waals surface area contributed by atoms with E-state index in [0.717, 1.165) is 13.8 Å². The van der Waals surface area contributed by atoms with Crippen molar-refractivity contribution in [1.82, 2.24) is 10.6 Å². The summed E-state index contributed by atoms with van der Waals surface area (Å²) in [6.07, 6.45) is -25.1. The smallest absolute Gasteiger partial charge is 0.364 e. The van der Waals surface area contributed by atoms with Crippen LogP contribution in [0, 0.1) is 0 Å². The highest BCUT2D eigenvalue weighted by Crippen LogP contribution is 2.38. The number of rotatable bonds is 13. The molecule has 0 bridgehead atoms. The number of nitrogens with one attached hydrogen (secondary N) is 2. The number of hydrogen-bond acceptors (Lipinski definition) is 18. The van der Waals surface area contributed by atoms with E-state index in [1.165, 1.54) is 7.11 Å². The monoisotopic (exact) mass is 688 g/mol. The van der Waals surface area contributed by atoms with Crippen LogP contribution in [0.3, 0.4) is 0 Å². The zero-order valence-electron chi connectivity index (χ0n) is 25.6. The molecule has 3 saturated heterocycles. The number of methoxy groups -OCH3 is 1. The molecule has 0 aliphatic carbocycles. The number of carbonyl (C=O) groups is 3. The van der Waals surface area contributed by atoms with Gasteiger partial charge in [-0.25, -0.2) is 4.79 Å². The Morgan fingerprint density at radius 1 is 0.894 bits per heavy atom. The Morgan fingerprint density at radius 2 is 1.49 bits per heavy atom. The molecule has 3 aliphatic heterocycles. The molecular weight excluding hydrogens is 644 g/mol. The number of aliphatic carboxylic acids is 1. The zero-order valence-corrected chi connectivity index (χ0v) is 25.6. The Kier molecular flexibility index (Phi) is 13.8. The lowest BCUT2D eigenvalue weighted by Crippen LogP contribution is -2.71. The van der Waals surface area contributed by atoms with Crippen LogP contribution >= 0.6 is 0 Å². The van der Waals surface area contributed by atoms with E-state index in [4.69, 9.17) is 28.4 Å². The Hall–Kier alpha value is -2.19. The number of carbonyl (C=O) groups excluding carboxylic acids is 2. The molecule has 272 valence electrons. The van der Waals surface area contributed by atoms with E-state index in [-0.39, 0.29) is 6.61 Å². The second-order valence-electron chi connectivity index (χ2n) is 11.5. The first-order valence-electron chi connectivity index (χ1n) is 14.6. The Labute approximate surface area is 267 Å². The molecular formula is C26H44N2O19. The van der Waals surface area contributed by atoms with E-state index < -0.39 is 135 Å². The Balaban J connectivity index is 1.98. The van der Waals surface area contributed by atoms with E-state index in [9.17, 15) is 65.4 Å². The van der Waals surface area contributed by atoms with Crippen molar-refractivity contribution >= 4 is 17.8 Å². The predicted molar refractivity (Wildman–Crippen MR) is 146 cm³/mol. The van der Waals surface area contributed by atoms with Gasteiger partial charge in [0.25, 0.3) is 5.79 Å². The van der Waals surface area contributed by atoms with Crippen LogP contribution in [0.25, 0.3) is 0 Å². The summed E-state index contributed by atoms with van der Waals surface area (Å²) in [6.45, 7) is -0.139. The highest BCUT2D eigenvalue weighted by Gasteiger charge is 2.60. The van der Waals surface area contributed by atoms with Crippen molar-refractivity contribution in [2.45, 2.75) is 118 Å². The van der Waals surface area contributed by atoms with Gasteiger partial charge in [0.2, 0.25) is 11.8 Å². The average molecular weight is 689 g/mol. The molecule has 3 rings (SSSR count). The molecule has 0 aromatic heterocycles. The summed E-state index contributed by atoms with van der Waals surface area (Å²) >= 11 is 0. The van der Waals surface area contributed by atoms with Crippen LogP contribution in [0.4, 0.5) is 0 Å². The SMILES string of the molecule is COC[C@H]1O[C@H](O)[C@H](NC(C)=O)[C@@H](O[C@@H]2O[C@H](CO)[C@H](O)[C@H](O[C@]3(C(=O)O)C[C@H](O)[C@@H](NC(C)=O)[C@H]([C@H](O)[C@H](O)CO)O3)[C@H]2O)[C@H]1O. The molecule has 12 N–H and O–H groups in total. The van der Waals surface area contributed by atoms with Gasteiger partial charge in [-0.1, -0.05) is 0 Å². The average Bonchev–Trinajstić information content (AvgIpc) is 3.00. The summed E-state index contributed by atoms with van der Waals surface area (Å²) in [7, 11) is 1.27. The third-order valence-electron chi connectivity index (χ3n) is 8.02. The quantitative estimate of drug-likeness (QED) is 0.0854. The molecule has 0 unspecified atom stereocenters. The van der Waals surface area contributed by atoms with Crippen molar-refractivity contribution in [3.05, 3.63) is 0 Å². The normalized spacial score (nSPS) is 42.3. The van der Waals surface area contributed by atoms with Crippen LogP contribution in [0.2, 0.25) is 0 Å². The molecule has 3 aliphatic rings. The lowest BCUT2D eigenvalue weighted by molar-refractivity contribution is -0.380. The van der Waals surface area contributed by atoms with E-state index in [1.807, 2.05) is 0 Å². The van der Waals surface area contributed by atoms with Crippen molar-refractivity contribution in [3.8, 4) is 0 Å². The van der Waals surface area contributed by atoms with Crippen LogP contribution in [0.1, 0.15) is 20.3 Å². The van der Waals surface area contributed by atoms with Gasteiger partial charge in [-0.2, -0.15) is 0 Å². The maximum absolute atomic E-state index is 12.7. The number of aliphatic hydroxyl groups excluding tert-OH is 9. The highest BCUT2D eigenvalue weighted by molar-refractivity contribution is 5.76. The summed E-state index contributed by atoms with van der Waals surface area (Å²) in [5.41, 5.74) is 0. The molecule has 3 heterocycles. The molecule has 0 aromatic rings. The van der Waals surface area contributed by atoms with Crippen molar-refractivity contribution in [3.63, 3.8) is 0 Å². The first kappa shape index (κ1) is 39.3. The standard InChI is InChI=1S/C26H44N2O19/c1-8(31)27-14-10(33)4-26(25(40)41,46-21(14)16(35)11(34)5-29)47-22-17(36)12(6-30)44-24(19(22)38)45-20-15(28-9(2)32)23(39)43-13(7-42-3)18(20)37/h10-24,29-30,33-39H,4-7H2,1-3H3,(H,27,31)(H,28,32)(H,40,41)/t10-,11+,12+,13+,14+,15+,16+,17-,18-,19+,20+,21+,22-,23-,24-,26-/m0/s1. The molecule has 2 amide bonds. The van der Waals surface area contributed by atoms with Gasteiger partial charge in [0.1, 0.15) is 67.1 Å². The predicted octanol–water partition coefficient (Wildman–Crippen LogP) is -7.43. The highest BCUT2D eigenvalue weighted by atomic mass is 16.8. The van der Waals surface area contributed by atoms with Gasteiger partial charge in [0.15, 0.2) is 12.6 Å². The summed E-state index contributed by atoms with van der Waals surface area (Å²) in [4.78, 5) is 36.3. The van der Waals surface area contributed by atoms with E-state index in [1.54, 1.807) is 0 Å². The molecule has 21 heteroatoms. The lowest BCUT2D eigenvalue weighted by Gasteiger charge is -2.50. The molecule has 3 fully saturated rings. The number of aliphatic hydroxyl groups is 9. The number of carboxylic acid groups (broad SMARTS) is 1. The molecule has 0 saturated carbocycles. The fraction of sp³-hybridized carbons (Fsp3) is 0.885. The summed E-state index contributed by atoms with van der Waals surface area (Å²) in [6, 6.07) is -3.02. The molecule has 16 atom stereocenters. The summed E-state index contributed by atoms with van der Waals surface area (Å²) < 4.78 is 32.7. The number of ether oxygens (including phenoxy) is 6. The molecule has 0 aromatic carbocycles. The number of carboxylic acids is 1. The zero-order chi connectivity index (χ0) is 35.4. The van der Waals surface area contributed by atoms with Crippen LogP contribution in [0.5, 0.6) is 0 Å². The van der Waals surface area contributed by atoms with Gasteiger partial charge in [-0.15, -0.1) is 0 Å². The van der Waals surface area contributed by atoms with Crippen molar-refractivity contribution in [2.75, 3.05) is 26.9 Å². The van der Waals surface area contributed by atoms with E-state index in [0.29, 0.717) is 0 Å². The Morgan fingerprint density at radius 3 is 2.02 bits per heavy atom. The third kappa shape index (κ3) is 8.70. The molecule has 21 nitrogen and oxygen atoms in total. The minimum absolute atomic E-state index is 0.263. The number of amides is 2. The minimum Gasteiger partial charge on any atom is -0.477 e. The van der Waals surface area contributed by atoms with Crippen LogP contribution < -0.4 is 10.6 Å². The number of hydrogen-bond donors (Lipinski definition) is 12. The molecule has 0 radical (unpaired) electrons. The summed E-state index contributed by atoms with van der Waals surface area (Å²) in [5, 5.41) is 110. The fourth-order valence-corrected chi connectivity index (χ4v) is 5.71. The molecule has 0 spiro atoms. The third-order valence-corrected chi connectivity index (χ3v) is 8.02. The Bertz CT molecular complexity index is 1070. The van der Waals surface area contributed by atoms with Gasteiger partial charge in [0.05, 0.1) is 32.0 Å². The lowest BCUT2D eigenvalue weighted by atomic mass is 9.88. The van der Waals surface area contributed by atoms with Gasteiger partial charge < -0.3 is 90.1 Å². The first-order chi connectivity index (χ1) is 22.0. The second-order valence-corrected chi connectivity index (χ2v) is 11.5. The van der Waals surface area contributed by atoms with Crippen LogP contribution in [-0.4, -0.2) is 193 Å². The van der Waals surface area contributed by atoms with Crippen molar-refractivity contribution in [1.29, 1.82) is 0 Å². The van der Waals surface area contributed by atoms with Crippen molar-refractivity contribution in [2.24, 2.45) is 0 Å². The minimum atomic E-state index is -3.03. The first-order valence-corrected chi connectivity index (χ1v) is 14.6. The van der Waals surface area contributed by atoms with Gasteiger partial charge in [0, 0.05) is 27.4 Å². The maximum Gasteiger partial charge on any atom is 0.364 e. The van der Waals surface area contributed by atoms with Crippen LogP contribution in [0.15, 0.2) is 0 Å². The summed E-state index contributed by atoms with van der Waals surface area (Å²) in [5.74, 6) is -6.42. The molecule has 47 heavy (non-hydrogen) atoms. The fourth-order valence-electron chi connectivity index (χ4n) is 5.71. The topological polar surface area (TPSA) is 333 Å². The van der Waals surface area contributed by atoms with Crippen molar-refractivity contribution < 1.29 is 93.9 Å². The second kappa shape index (κ2) is 16.5. The van der Waals surface area contributed by atoms with E-state index >= 15 is 0 Å². The largest absolute Gasteiger partial charge is 0.477 e. The van der Waals surface area contributed by atoms with Gasteiger partial charge in [-0.3, -0.25) is 9.59 Å².